The Hall–Kier alpha value is -2.14. The van der Waals surface area contributed by atoms with E-state index in [1.54, 1.807) is 12.1 Å². The fourth-order valence-corrected chi connectivity index (χ4v) is 4.34. The molecule has 0 bridgehead atoms. The Kier molecular flexibility index (Phi) is 3.10. The fraction of sp³-hybridized carbons (Fsp3) is 0. The van der Waals surface area contributed by atoms with Gasteiger partial charge in [-0.05, 0) is 33.0 Å². The zero-order valence-electron chi connectivity index (χ0n) is 11.8. The van der Waals surface area contributed by atoms with Crippen LogP contribution in [-0.2, 0) is 10.1 Å². The lowest BCUT2D eigenvalue weighted by Gasteiger charge is -2.10. The molecular formula is C18H11ClO3S. The first-order valence-corrected chi connectivity index (χ1v) is 8.79. The van der Waals surface area contributed by atoms with Crippen LogP contribution < -0.4 is 0 Å². The summed E-state index contributed by atoms with van der Waals surface area (Å²) in [5.41, 5.74) is 0. The van der Waals surface area contributed by atoms with Crippen molar-refractivity contribution in [3.63, 3.8) is 0 Å². The third-order valence-electron chi connectivity index (χ3n) is 4.08. The fourth-order valence-electron chi connectivity index (χ4n) is 3.11. The smallest absolute Gasteiger partial charge is 0.282 e. The normalized spacial score (nSPS) is 12.3. The number of benzene rings is 4. The highest BCUT2D eigenvalue weighted by molar-refractivity contribution is 7.86. The third kappa shape index (κ3) is 2.18. The van der Waals surface area contributed by atoms with E-state index in [9.17, 15) is 13.0 Å². The summed E-state index contributed by atoms with van der Waals surface area (Å²) in [6.07, 6.45) is 0. The van der Waals surface area contributed by atoms with Gasteiger partial charge in [-0.2, -0.15) is 8.42 Å². The van der Waals surface area contributed by atoms with Gasteiger partial charge >= 0.3 is 0 Å². The summed E-state index contributed by atoms with van der Waals surface area (Å²) in [4.78, 5) is -0.244. The van der Waals surface area contributed by atoms with Crippen LogP contribution in [0.15, 0.2) is 65.6 Å². The van der Waals surface area contributed by atoms with Crippen molar-refractivity contribution in [1.82, 2.24) is 0 Å². The molecule has 4 aromatic carbocycles. The Morgan fingerprint density at radius 3 is 2.04 bits per heavy atom. The van der Waals surface area contributed by atoms with Crippen LogP contribution in [0.5, 0.6) is 0 Å². The van der Waals surface area contributed by atoms with Crippen molar-refractivity contribution in [2.24, 2.45) is 0 Å². The summed E-state index contributed by atoms with van der Waals surface area (Å²) in [6.45, 7) is 0. The molecule has 5 heteroatoms. The lowest BCUT2D eigenvalue weighted by molar-refractivity contribution is 0.484. The second-order valence-corrected chi connectivity index (χ2v) is 7.16. The molecule has 0 aliphatic heterocycles. The molecule has 3 nitrogen and oxygen atoms in total. The van der Waals surface area contributed by atoms with Gasteiger partial charge in [0.25, 0.3) is 10.1 Å². The molecule has 0 atom stereocenters. The molecule has 4 aromatic rings. The quantitative estimate of drug-likeness (QED) is 0.389. The van der Waals surface area contributed by atoms with Crippen LogP contribution in [0.3, 0.4) is 0 Å². The average Bonchev–Trinajstić information content (AvgIpc) is 2.52. The Bertz CT molecular complexity index is 1200. The predicted octanol–water partition coefficient (Wildman–Crippen LogP) is 5.05. The summed E-state index contributed by atoms with van der Waals surface area (Å²) < 4.78 is 32.9. The molecule has 0 saturated heterocycles. The van der Waals surface area contributed by atoms with Crippen LogP contribution >= 0.6 is 11.6 Å². The minimum absolute atomic E-state index is 0.0140. The molecule has 0 saturated carbocycles. The number of halogens is 1. The van der Waals surface area contributed by atoms with Crippen molar-refractivity contribution in [1.29, 1.82) is 0 Å². The number of rotatable bonds is 1. The highest BCUT2D eigenvalue weighted by atomic mass is 35.5. The van der Waals surface area contributed by atoms with Crippen molar-refractivity contribution in [3.05, 3.63) is 65.7 Å². The van der Waals surface area contributed by atoms with Gasteiger partial charge in [-0.1, -0.05) is 66.2 Å². The van der Waals surface area contributed by atoms with Crippen LogP contribution in [0.2, 0.25) is 5.02 Å². The SMILES string of the molecule is O=S(=O)(O)c1c(Cl)ccc2c1ccc1c3ccccc3ccc21. The second kappa shape index (κ2) is 4.93. The topological polar surface area (TPSA) is 54.4 Å². The van der Waals surface area contributed by atoms with Gasteiger partial charge in [0.15, 0.2) is 0 Å². The van der Waals surface area contributed by atoms with Crippen molar-refractivity contribution in [2.45, 2.75) is 4.90 Å². The van der Waals surface area contributed by atoms with Crippen LogP contribution in [0.4, 0.5) is 0 Å². The van der Waals surface area contributed by atoms with Gasteiger partial charge in [0, 0.05) is 5.39 Å². The van der Waals surface area contributed by atoms with E-state index < -0.39 is 10.1 Å². The zero-order chi connectivity index (χ0) is 16.2. The van der Waals surface area contributed by atoms with Gasteiger partial charge in [-0.25, -0.2) is 0 Å². The number of hydrogen-bond acceptors (Lipinski definition) is 2. The predicted molar refractivity (Wildman–Crippen MR) is 93.8 cm³/mol. The molecule has 0 aliphatic rings. The largest absolute Gasteiger partial charge is 0.296 e. The van der Waals surface area contributed by atoms with Gasteiger partial charge in [0.1, 0.15) is 4.90 Å². The summed E-state index contributed by atoms with van der Waals surface area (Å²) in [5.74, 6) is 0. The summed E-state index contributed by atoms with van der Waals surface area (Å²) >= 11 is 5.99. The van der Waals surface area contributed by atoms with Crippen LogP contribution in [-0.4, -0.2) is 13.0 Å². The molecule has 114 valence electrons. The Balaban J connectivity index is 2.25. The van der Waals surface area contributed by atoms with E-state index in [0.29, 0.717) is 5.39 Å². The van der Waals surface area contributed by atoms with Crippen molar-refractivity contribution in [2.75, 3.05) is 0 Å². The molecule has 4 rings (SSSR count). The maximum absolute atomic E-state index is 11.7. The molecule has 0 amide bonds. The van der Waals surface area contributed by atoms with E-state index >= 15 is 0 Å². The summed E-state index contributed by atoms with van der Waals surface area (Å²) in [7, 11) is -4.40. The van der Waals surface area contributed by atoms with Gasteiger partial charge in [0.05, 0.1) is 5.02 Å². The molecule has 0 fully saturated rings. The Morgan fingerprint density at radius 2 is 1.26 bits per heavy atom. The minimum atomic E-state index is -4.40. The molecule has 1 N–H and O–H groups in total. The minimum Gasteiger partial charge on any atom is -0.282 e. The first-order valence-electron chi connectivity index (χ1n) is 6.97. The summed E-state index contributed by atoms with van der Waals surface area (Å²) in [6, 6.07) is 18.8. The molecule has 0 heterocycles. The Labute approximate surface area is 137 Å². The highest BCUT2D eigenvalue weighted by Crippen LogP contribution is 2.36. The highest BCUT2D eigenvalue weighted by Gasteiger charge is 2.19. The van der Waals surface area contributed by atoms with E-state index in [0.717, 1.165) is 26.9 Å². The first kappa shape index (κ1) is 14.5. The molecule has 0 spiro atoms. The monoisotopic (exact) mass is 342 g/mol. The average molecular weight is 343 g/mol. The van der Waals surface area contributed by atoms with E-state index in [2.05, 4.69) is 0 Å². The first-order chi connectivity index (χ1) is 11.0. The Morgan fingerprint density at radius 1 is 0.696 bits per heavy atom. The van der Waals surface area contributed by atoms with Gasteiger partial charge in [-0.3, -0.25) is 4.55 Å². The maximum Gasteiger partial charge on any atom is 0.296 e. The van der Waals surface area contributed by atoms with Crippen molar-refractivity contribution < 1.29 is 13.0 Å². The lowest BCUT2D eigenvalue weighted by Crippen LogP contribution is -2.00. The van der Waals surface area contributed by atoms with E-state index in [4.69, 9.17) is 11.6 Å². The van der Waals surface area contributed by atoms with E-state index in [1.807, 2.05) is 42.5 Å². The maximum atomic E-state index is 11.7. The molecule has 0 aliphatic carbocycles. The van der Waals surface area contributed by atoms with Crippen LogP contribution in [0, 0.1) is 0 Å². The van der Waals surface area contributed by atoms with Gasteiger partial charge < -0.3 is 0 Å². The zero-order valence-corrected chi connectivity index (χ0v) is 13.4. The number of fused-ring (bicyclic) bond motifs is 5. The number of hydrogen-bond donors (Lipinski definition) is 1. The molecule has 0 aromatic heterocycles. The van der Waals surface area contributed by atoms with Crippen molar-refractivity contribution in [3.8, 4) is 0 Å². The molecule has 23 heavy (non-hydrogen) atoms. The third-order valence-corrected chi connectivity index (χ3v) is 5.47. The molecular weight excluding hydrogens is 332 g/mol. The second-order valence-electron chi connectivity index (χ2n) is 5.39. The van der Waals surface area contributed by atoms with Gasteiger partial charge in [0.2, 0.25) is 0 Å². The van der Waals surface area contributed by atoms with Crippen LogP contribution in [0.1, 0.15) is 0 Å². The molecule has 0 unspecified atom stereocenters. The van der Waals surface area contributed by atoms with Crippen LogP contribution in [0.25, 0.3) is 32.3 Å². The summed E-state index contributed by atoms with van der Waals surface area (Å²) in [5, 5.41) is 5.33. The van der Waals surface area contributed by atoms with Gasteiger partial charge in [-0.15, -0.1) is 0 Å². The van der Waals surface area contributed by atoms with E-state index in [-0.39, 0.29) is 9.92 Å². The van der Waals surface area contributed by atoms with Crippen molar-refractivity contribution >= 4 is 54.0 Å². The molecule has 0 radical (unpaired) electrons. The van der Waals surface area contributed by atoms with E-state index in [1.165, 1.54) is 6.07 Å². The lowest BCUT2D eigenvalue weighted by atomic mass is 9.97. The standard InChI is InChI=1S/C18H11ClO3S/c19-17-10-9-15-14-6-5-11-3-1-2-4-12(11)13(14)7-8-16(15)18(17)23(20,21)22/h1-10H,(H,20,21,22).